The summed E-state index contributed by atoms with van der Waals surface area (Å²) in [5.41, 5.74) is 5.34. The van der Waals surface area contributed by atoms with Crippen molar-refractivity contribution < 1.29 is 42.7 Å². The molecule has 0 aliphatic heterocycles. The Kier molecular flexibility index (Phi) is 35.7. The zero-order valence-electron chi connectivity index (χ0n) is 32.5. The fraction of sp³-hybridized carbons (Fsp3) is 0.850. The van der Waals surface area contributed by atoms with Crippen LogP contribution in [0.5, 0.6) is 0 Å². The maximum absolute atomic E-state index is 12.6. The highest BCUT2D eigenvalue weighted by atomic mass is 31.2. The first-order chi connectivity index (χ1) is 24.7. The Balaban J connectivity index is 4.29. The number of carboxylic acid groups (broad SMARTS) is 1. The van der Waals surface area contributed by atoms with E-state index >= 15 is 0 Å². The summed E-state index contributed by atoms with van der Waals surface area (Å²) in [6, 6.07) is -1.47. The van der Waals surface area contributed by atoms with Crippen LogP contribution in [0.3, 0.4) is 0 Å². The Morgan fingerprint density at radius 2 is 1.08 bits per heavy atom. The smallest absolute Gasteiger partial charge is 0.472 e. The number of hydrogen-bond donors (Lipinski definition) is 3. The third kappa shape index (κ3) is 36.6. The van der Waals surface area contributed by atoms with Crippen LogP contribution in [0.25, 0.3) is 0 Å². The predicted molar refractivity (Wildman–Crippen MR) is 208 cm³/mol. The summed E-state index contributed by atoms with van der Waals surface area (Å²) in [5, 5.41) is 8.87. The number of carbonyl (C=O) groups excluding carboxylic acids is 1. The van der Waals surface area contributed by atoms with Crippen molar-refractivity contribution in [1.82, 2.24) is 0 Å². The molecule has 0 aromatic carbocycles. The van der Waals surface area contributed by atoms with Crippen LogP contribution in [0.15, 0.2) is 24.3 Å². The van der Waals surface area contributed by atoms with Gasteiger partial charge in [-0.25, -0.2) is 4.57 Å². The summed E-state index contributed by atoms with van der Waals surface area (Å²) < 4.78 is 33.3. The van der Waals surface area contributed by atoms with E-state index in [1.54, 1.807) is 0 Å². The van der Waals surface area contributed by atoms with Gasteiger partial charge in [0.2, 0.25) is 0 Å². The van der Waals surface area contributed by atoms with Gasteiger partial charge in [-0.15, -0.1) is 0 Å². The summed E-state index contributed by atoms with van der Waals surface area (Å²) in [5.74, 6) is -1.79. The molecular formula is C40H76NO9P. The van der Waals surface area contributed by atoms with E-state index in [2.05, 4.69) is 38.2 Å². The first-order valence-electron chi connectivity index (χ1n) is 20.4. The Morgan fingerprint density at radius 3 is 1.63 bits per heavy atom. The van der Waals surface area contributed by atoms with Crippen LogP contribution in [0.1, 0.15) is 181 Å². The molecule has 4 N–H and O–H groups in total. The maximum Gasteiger partial charge on any atom is 0.472 e. The standard InChI is InChI=1S/C40H76NO9P/c1-3-5-7-9-11-13-15-17-19-20-22-24-26-28-30-32-39(42)50-37(35-48-51(45,46)49-36-38(41)40(43)44)34-47-33-31-29-27-25-23-21-18-16-14-12-10-8-6-4-2/h11,13,17,19,37-38H,3-10,12,14-16,18,20-36,41H2,1-2H3,(H,43,44)(H,45,46)/b13-11-,19-17-. The van der Waals surface area contributed by atoms with E-state index in [4.69, 9.17) is 29.4 Å². The highest BCUT2D eigenvalue weighted by Crippen LogP contribution is 2.43. The van der Waals surface area contributed by atoms with Crippen molar-refractivity contribution in [2.75, 3.05) is 26.4 Å². The minimum atomic E-state index is -4.61. The minimum Gasteiger partial charge on any atom is -0.480 e. The summed E-state index contributed by atoms with van der Waals surface area (Å²) in [4.78, 5) is 33.4. The predicted octanol–water partition coefficient (Wildman–Crippen LogP) is 10.8. The van der Waals surface area contributed by atoms with Gasteiger partial charge in [0.1, 0.15) is 12.1 Å². The Bertz CT molecular complexity index is 914. The first kappa shape index (κ1) is 49.5. The lowest BCUT2D eigenvalue weighted by Gasteiger charge is -2.20. The molecule has 0 amide bonds. The van der Waals surface area contributed by atoms with Gasteiger partial charge < -0.3 is 25.2 Å². The van der Waals surface area contributed by atoms with Gasteiger partial charge in [-0.2, -0.15) is 0 Å². The van der Waals surface area contributed by atoms with E-state index in [0.717, 1.165) is 57.8 Å². The van der Waals surface area contributed by atoms with Gasteiger partial charge in [-0.3, -0.25) is 18.6 Å². The molecule has 0 rings (SSSR count). The third-order valence-electron chi connectivity index (χ3n) is 8.73. The number of aliphatic carboxylic acids is 1. The molecular weight excluding hydrogens is 669 g/mol. The molecule has 0 heterocycles. The van der Waals surface area contributed by atoms with Crippen LogP contribution in [-0.2, 0) is 32.7 Å². The topological polar surface area (TPSA) is 155 Å². The second-order valence-corrected chi connectivity index (χ2v) is 15.2. The lowest BCUT2D eigenvalue weighted by Crippen LogP contribution is -2.34. The molecule has 51 heavy (non-hydrogen) atoms. The maximum atomic E-state index is 12.6. The molecule has 300 valence electrons. The first-order valence-corrected chi connectivity index (χ1v) is 21.9. The lowest BCUT2D eigenvalue weighted by atomic mass is 10.0. The molecule has 3 atom stereocenters. The second kappa shape index (κ2) is 36.8. The highest BCUT2D eigenvalue weighted by Gasteiger charge is 2.27. The molecule has 0 bridgehead atoms. The van der Waals surface area contributed by atoms with Crippen LogP contribution in [0.4, 0.5) is 0 Å². The zero-order valence-corrected chi connectivity index (χ0v) is 33.3. The molecule has 0 saturated carbocycles. The number of phosphoric ester groups is 1. The summed E-state index contributed by atoms with van der Waals surface area (Å²) in [6.07, 6.45) is 37.9. The molecule has 11 heteroatoms. The Morgan fingerprint density at radius 1 is 0.627 bits per heavy atom. The second-order valence-electron chi connectivity index (χ2n) is 13.8. The molecule has 0 aromatic heterocycles. The van der Waals surface area contributed by atoms with E-state index in [9.17, 15) is 19.0 Å². The van der Waals surface area contributed by atoms with E-state index < -0.39 is 45.1 Å². The summed E-state index contributed by atoms with van der Waals surface area (Å²) >= 11 is 0. The van der Waals surface area contributed by atoms with Crippen molar-refractivity contribution in [3.63, 3.8) is 0 Å². The molecule has 0 aliphatic carbocycles. The van der Waals surface area contributed by atoms with Gasteiger partial charge in [0.25, 0.3) is 0 Å². The van der Waals surface area contributed by atoms with E-state index in [1.165, 1.54) is 96.3 Å². The van der Waals surface area contributed by atoms with Gasteiger partial charge >= 0.3 is 19.8 Å². The number of carboxylic acids is 1. The highest BCUT2D eigenvalue weighted by molar-refractivity contribution is 7.47. The molecule has 0 saturated heterocycles. The minimum absolute atomic E-state index is 0.0149. The number of rotatable bonds is 39. The quantitative estimate of drug-likeness (QED) is 0.0240. The number of ether oxygens (including phenoxy) is 2. The average molecular weight is 746 g/mol. The normalized spacial score (nSPS) is 14.3. The Labute approximate surface area is 311 Å². The van der Waals surface area contributed by atoms with E-state index in [-0.39, 0.29) is 13.0 Å². The van der Waals surface area contributed by atoms with Gasteiger partial charge in [0.15, 0.2) is 0 Å². The van der Waals surface area contributed by atoms with Crippen molar-refractivity contribution >= 4 is 19.8 Å². The fourth-order valence-electron chi connectivity index (χ4n) is 5.52. The summed E-state index contributed by atoms with van der Waals surface area (Å²) in [6.45, 7) is 3.85. The molecule has 0 aromatic rings. The van der Waals surface area contributed by atoms with Crippen LogP contribution in [-0.4, -0.2) is 60.5 Å². The number of unbranched alkanes of at least 4 members (excludes halogenated alkanes) is 21. The fourth-order valence-corrected chi connectivity index (χ4v) is 6.29. The van der Waals surface area contributed by atoms with E-state index in [1.807, 2.05) is 0 Å². The SMILES string of the molecule is CCCCC/C=C\C/C=C\CCCCCCCC(=O)OC(COCCCCCCCCCCCCCCCC)COP(=O)(O)OCC(N)C(=O)O. The number of esters is 1. The van der Waals surface area contributed by atoms with Gasteiger partial charge in [0.05, 0.1) is 19.8 Å². The molecule has 0 radical (unpaired) electrons. The number of nitrogens with two attached hydrogens (primary N) is 1. The van der Waals surface area contributed by atoms with Crippen LogP contribution in [0, 0.1) is 0 Å². The third-order valence-corrected chi connectivity index (χ3v) is 9.68. The van der Waals surface area contributed by atoms with Crippen LogP contribution >= 0.6 is 7.82 Å². The van der Waals surface area contributed by atoms with Gasteiger partial charge in [0, 0.05) is 13.0 Å². The molecule has 3 unspecified atom stereocenters. The van der Waals surface area contributed by atoms with Gasteiger partial charge in [-0.1, -0.05) is 154 Å². The average Bonchev–Trinajstić information content (AvgIpc) is 3.10. The van der Waals surface area contributed by atoms with Crippen molar-refractivity contribution in [2.45, 2.75) is 193 Å². The molecule has 0 spiro atoms. The number of carbonyl (C=O) groups is 2. The van der Waals surface area contributed by atoms with Crippen molar-refractivity contribution in [1.29, 1.82) is 0 Å². The molecule has 10 nitrogen and oxygen atoms in total. The number of allylic oxidation sites excluding steroid dienone is 4. The number of phosphoric acid groups is 1. The van der Waals surface area contributed by atoms with Gasteiger partial charge in [-0.05, 0) is 44.9 Å². The number of hydrogen-bond acceptors (Lipinski definition) is 8. The lowest BCUT2D eigenvalue weighted by molar-refractivity contribution is -0.154. The van der Waals surface area contributed by atoms with Crippen molar-refractivity contribution in [3.05, 3.63) is 24.3 Å². The molecule has 0 fully saturated rings. The molecule has 0 aliphatic rings. The largest absolute Gasteiger partial charge is 0.480 e. The van der Waals surface area contributed by atoms with Crippen molar-refractivity contribution in [3.8, 4) is 0 Å². The summed E-state index contributed by atoms with van der Waals surface area (Å²) in [7, 11) is -4.61. The van der Waals surface area contributed by atoms with Crippen molar-refractivity contribution in [2.24, 2.45) is 5.73 Å². The van der Waals surface area contributed by atoms with E-state index in [0.29, 0.717) is 13.0 Å². The van der Waals surface area contributed by atoms with Crippen LogP contribution in [0.2, 0.25) is 0 Å². The Hall–Kier alpha value is -1.55. The zero-order chi connectivity index (χ0) is 37.7. The van der Waals surface area contributed by atoms with Crippen LogP contribution < -0.4 is 5.73 Å². The monoisotopic (exact) mass is 746 g/mol.